The number of ether oxygens (including phenoxy) is 16. The molecule has 4 aliphatic rings. The Morgan fingerprint density at radius 2 is 0.353 bits per heavy atom. The summed E-state index contributed by atoms with van der Waals surface area (Å²) < 4.78 is 91.0. The van der Waals surface area contributed by atoms with Crippen LogP contribution in [0.5, 0.6) is 0 Å². The molecular formula is C48H104O16S4. The van der Waals surface area contributed by atoms with Crippen molar-refractivity contribution in [2.45, 2.75) is 233 Å². The fourth-order valence-electron chi connectivity index (χ4n) is 9.35. The normalized spacial score (nSPS) is 37.6. The highest BCUT2D eigenvalue weighted by molar-refractivity contribution is 7.59. The first kappa shape index (κ1) is 75.3. The van der Waals surface area contributed by atoms with Crippen molar-refractivity contribution in [1.82, 2.24) is 0 Å². The van der Waals surface area contributed by atoms with E-state index in [-0.39, 0.29) is 176 Å². The molecule has 4 fully saturated rings. The number of hydrogen-bond acceptors (Lipinski definition) is 16. The Balaban J connectivity index is -0.000000394. The highest BCUT2D eigenvalue weighted by Crippen LogP contribution is 2.30. The molecule has 0 aromatic heterocycles. The van der Waals surface area contributed by atoms with Gasteiger partial charge in [-0.25, -0.2) is 0 Å². The minimum absolute atomic E-state index is 0. The van der Waals surface area contributed by atoms with Crippen LogP contribution < -0.4 is 0 Å². The standard InChI is InChI=1S/2C13H26O4.2C11H22O4.4H2S/c2*1-6-14-11-9(4)17-10(5)12(15-7-2)13(11)16-8-3;2*1-6-14-10-8(3)15-7(2)9(12-4)11(10)13-5;;;;/h2*9-13H,6-8H2,1-5H3;2*7-11H,6H2,1-5H3;4*1H2/t9-,10-,11-,12-;;7-,8-,9-,10-,11+;;;;;/m0.0...../s1. The van der Waals surface area contributed by atoms with Crippen LogP contribution in [0.3, 0.4) is 0 Å². The van der Waals surface area contributed by atoms with Crippen LogP contribution in [-0.2, 0) is 75.8 Å². The molecule has 18 atom stereocenters. The first-order valence-corrected chi connectivity index (χ1v) is 24.3. The van der Waals surface area contributed by atoms with Crippen LogP contribution in [0.15, 0.2) is 0 Å². The third-order valence-electron chi connectivity index (χ3n) is 12.0. The van der Waals surface area contributed by atoms with E-state index in [1.165, 1.54) is 0 Å². The highest BCUT2D eigenvalue weighted by atomic mass is 32.1. The summed E-state index contributed by atoms with van der Waals surface area (Å²) >= 11 is 0. The van der Waals surface area contributed by atoms with Gasteiger partial charge in [0.2, 0.25) is 0 Å². The first-order valence-electron chi connectivity index (χ1n) is 24.3. The topological polar surface area (TPSA) is 148 Å². The van der Waals surface area contributed by atoms with Gasteiger partial charge in [-0.3, -0.25) is 0 Å². The fourth-order valence-corrected chi connectivity index (χ4v) is 9.35. The van der Waals surface area contributed by atoms with E-state index in [1.807, 2.05) is 111 Å². The summed E-state index contributed by atoms with van der Waals surface area (Å²) in [5, 5.41) is 0. The van der Waals surface area contributed by atoms with E-state index < -0.39 is 0 Å². The van der Waals surface area contributed by atoms with Crippen molar-refractivity contribution in [2.24, 2.45) is 0 Å². The predicted molar refractivity (Wildman–Crippen MR) is 288 cm³/mol. The van der Waals surface area contributed by atoms with E-state index in [0.29, 0.717) is 52.9 Å². The van der Waals surface area contributed by atoms with Crippen molar-refractivity contribution in [3.63, 3.8) is 0 Å². The van der Waals surface area contributed by atoms with Crippen LogP contribution in [0.25, 0.3) is 0 Å². The smallest absolute Gasteiger partial charge is 0.115 e. The Labute approximate surface area is 441 Å². The molecule has 0 aromatic carbocycles. The molecule has 416 valence electrons. The van der Waals surface area contributed by atoms with Crippen molar-refractivity contribution in [3.05, 3.63) is 0 Å². The molecule has 4 saturated heterocycles. The van der Waals surface area contributed by atoms with Gasteiger partial charge in [0.15, 0.2) is 0 Å². The van der Waals surface area contributed by atoms with Crippen LogP contribution in [0, 0.1) is 0 Å². The van der Waals surface area contributed by atoms with Crippen molar-refractivity contribution < 1.29 is 75.8 Å². The maximum atomic E-state index is 5.86. The third kappa shape index (κ3) is 22.7. The number of methoxy groups -OCH3 is 4. The molecule has 0 N–H and O–H groups in total. The molecule has 68 heavy (non-hydrogen) atoms. The summed E-state index contributed by atoms with van der Waals surface area (Å²) in [6, 6.07) is 0. The SMILES string of the molecule is CCOC1C(C)OC(C)C(OC)C1OC.CCOC1C(C)OC(C)C(OCC)C1OCC.CCOC1[C@@H](OCC)[C@H](C)O[C@@H](C)[C@@H]1OCC.CCO[C@@H]1[C@H](OC)[C@@H](OC)[C@H](C)O[C@H]1C.S.S.S.S. The van der Waals surface area contributed by atoms with Gasteiger partial charge in [-0.05, 0) is 111 Å². The van der Waals surface area contributed by atoms with Crippen LogP contribution in [-0.4, -0.2) is 203 Å². The second-order valence-electron chi connectivity index (χ2n) is 16.3. The molecule has 0 spiro atoms. The molecule has 0 radical (unpaired) electrons. The van der Waals surface area contributed by atoms with Crippen molar-refractivity contribution in [1.29, 1.82) is 0 Å². The molecular weight excluding hydrogens is 961 g/mol. The molecule has 4 heterocycles. The second-order valence-corrected chi connectivity index (χ2v) is 16.3. The average molecular weight is 1070 g/mol. The molecule has 16 nitrogen and oxygen atoms in total. The van der Waals surface area contributed by atoms with E-state index in [1.54, 1.807) is 28.4 Å². The van der Waals surface area contributed by atoms with Crippen molar-refractivity contribution in [3.8, 4) is 0 Å². The van der Waals surface area contributed by atoms with Gasteiger partial charge in [0.1, 0.15) is 73.2 Å². The quantitative estimate of drug-likeness (QED) is 0.124. The fraction of sp³-hybridized carbons (Fsp3) is 1.00. The van der Waals surface area contributed by atoms with Crippen LogP contribution in [0.2, 0.25) is 0 Å². The van der Waals surface area contributed by atoms with E-state index in [4.69, 9.17) is 75.8 Å². The minimum Gasteiger partial charge on any atom is -0.376 e. The lowest BCUT2D eigenvalue weighted by molar-refractivity contribution is -0.247. The monoisotopic (exact) mass is 1060 g/mol. The first-order chi connectivity index (χ1) is 30.6. The molecule has 0 aromatic rings. The Hall–Kier alpha value is 0.760. The molecule has 4 rings (SSSR count). The summed E-state index contributed by atoms with van der Waals surface area (Å²) in [4.78, 5) is 0. The molecule has 4 aliphatic heterocycles. The Morgan fingerprint density at radius 1 is 0.221 bits per heavy atom. The maximum Gasteiger partial charge on any atom is 0.115 e. The van der Waals surface area contributed by atoms with Gasteiger partial charge < -0.3 is 75.8 Å². The van der Waals surface area contributed by atoms with E-state index in [9.17, 15) is 0 Å². The van der Waals surface area contributed by atoms with Gasteiger partial charge in [-0.2, -0.15) is 54.0 Å². The van der Waals surface area contributed by atoms with Crippen LogP contribution in [0.1, 0.15) is 111 Å². The zero-order valence-electron chi connectivity index (χ0n) is 45.7. The summed E-state index contributed by atoms with van der Waals surface area (Å²) in [6.07, 6.45) is -0.341. The molecule has 20 heteroatoms. The predicted octanol–water partition coefficient (Wildman–Crippen LogP) is 6.93. The summed E-state index contributed by atoms with van der Waals surface area (Å²) in [5.74, 6) is 0. The average Bonchev–Trinajstić information content (AvgIpc) is 3.25. The maximum absolute atomic E-state index is 5.86. The lowest BCUT2D eigenvalue weighted by Crippen LogP contribution is -2.58. The molecule has 0 bridgehead atoms. The Bertz CT molecular complexity index is 1030. The summed E-state index contributed by atoms with van der Waals surface area (Å²) in [7, 11) is 6.73. The van der Waals surface area contributed by atoms with Gasteiger partial charge in [-0.15, -0.1) is 0 Å². The molecule has 0 aliphatic carbocycles. The second kappa shape index (κ2) is 42.0. The number of hydrogen-bond donors (Lipinski definition) is 0. The molecule has 9 unspecified atom stereocenters. The van der Waals surface area contributed by atoms with Gasteiger partial charge in [0.25, 0.3) is 0 Å². The molecule has 0 saturated carbocycles. The van der Waals surface area contributed by atoms with Gasteiger partial charge >= 0.3 is 0 Å². The molecule has 0 amide bonds. The highest BCUT2D eigenvalue weighted by Gasteiger charge is 2.47. The van der Waals surface area contributed by atoms with Crippen molar-refractivity contribution >= 4 is 54.0 Å². The summed E-state index contributed by atoms with van der Waals surface area (Å²) in [6.45, 7) is 37.3. The third-order valence-corrected chi connectivity index (χ3v) is 12.0. The zero-order valence-corrected chi connectivity index (χ0v) is 49.7. The Morgan fingerprint density at radius 3 is 0.500 bits per heavy atom. The van der Waals surface area contributed by atoms with Gasteiger partial charge in [0.05, 0.1) is 48.8 Å². The Kier molecular flexibility index (Phi) is 46.5. The van der Waals surface area contributed by atoms with Crippen LogP contribution >= 0.6 is 54.0 Å². The van der Waals surface area contributed by atoms with E-state index in [2.05, 4.69) is 0 Å². The minimum atomic E-state index is -0.0669. The lowest BCUT2D eigenvalue weighted by Gasteiger charge is -2.44. The zero-order chi connectivity index (χ0) is 48.5. The largest absolute Gasteiger partial charge is 0.376 e. The summed E-state index contributed by atoms with van der Waals surface area (Å²) in [5.41, 5.74) is 0. The lowest BCUT2D eigenvalue weighted by atomic mass is 9.95. The van der Waals surface area contributed by atoms with Gasteiger partial charge in [0, 0.05) is 81.3 Å². The number of rotatable bonds is 20. The van der Waals surface area contributed by atoms with E-state index >= 15 is 0 Å². The van der Waals surface area contributed by atoms with E-state index in [0.717, 1.165) is 0 Å². The van der Waals surface area contributed by atoms with Crippen LogP contribution in [0.4, 0.5) is 0 Å². The van der Waals surface area contributed by atoms with Crippen molar-refractivity contribution in [2.75, 3.05) is 81.3 Å². The van der Waals surface area contributed by atoms with Gasteiger partial charge in [-0.1, -0.05) is 0 Å².